The fourth-order valence-electron chi connectivity index (χ4n) is 2.52. The minimum Gasteiger partial charge on any atom is -0.348 e. The van der Waals surface area contributed by atoms with E-state index in [1.165, 1.54) is 0 Å². The van der Waals surface area contributed by atoms with Crippen LogP contribution in [0.1, 0.15) is 38.8 Å². The second-order valence-electron chi connectivity index (χ2n) is 6.33. The second-order valence-corrected chi connectivity index (χ2v) is 6.33. The van der Waals surface area contributed by atoms with E-state index in [2.05, 4.69) is 24.1 Å². The molecule has 2 atom stereocenters. The van der Waals surface area contributed by atoms with Crippen LogP contribution in [-0.2, 0) is 4.79 Å². The van der Waals surface area contributed by atoms with E-state index in [0.29, 0.717) is 12.3 Å². The molecule has 4 nitrogen and oxygen atoms in total. The number of hydrogen-bond donors (Lipinski definition) is 2. The van der Waals surface area contributed by atoms with E-state index in [9.17, 15) is 4.79 Å². The first-order valence-corrected chi connectivity index (χ1v) is 8.03. The number of amides is 1. The van der Waals surface area contributed by atoms with Gasteiger partial charge in [-0.1, -0.05) is 44.2 Å². The molecule has 0 spiro atoms. The van der Waals surface area contributed by atoms with Gasteiger partial charge >= 0.3 is 0 Å². The van der Waals surface area contributed by atoms with Gasteiger partial charge in [0, 0.05) is 12.4 Å². The molecule has 0 aliphatic carbocycles. The first kappa shape index (κ1) is 17.2. The first-order valence-electron chi connectivity index (χ1n) is 8.03. The Hall–Kier alpha value is -2.20. The van der Waals surface area contributed by atoms with Crippen LogP contribution in [0.4, 0.5) is 0 Å². The van der Waals surface area contributed by atoms with Crippen LogP contribution in [0.5, 0.6) is 0 Å². The van der Waals surface area contributed by atoms with Gasteiger partial charge in [0.1, 0.15) is 0 Å². The highest BCUT2D eigenvalue weighted by Crippen LogP contribution is 2.21. The van der Waals surface area contributed by atoms with E-state index in [1.54, 1.807) is 6.20 Å². The molecule has 122 valence electrons. The third-order valence-electron chi connectivity index (χ3n) is 3.83. The van der Waals surface area contributed by atoms with Gasteiger partial charge in [-0.15, -0.1) is 0 Å². The lowest BCUT2D eigenvalue weighted by molar-refractivity contribution is -0.123. The summed E-state index contributed by atoms with van der Waals surface area (Å²) in [6.45, 7) is 6.10. The van der Waals surface area contributed by atoms with Crippen molar-refractivity contribution in [2.75, 3.05) is 0 Å². The molecule has 0 aliphatic heterocycles. The van der Waals surface area contributed by atoms with Crippen molar-refractivity contribution >= 4 is 5.91 Å². The van der Waals surface area contributed by atoms with Crippen molar-refractivity contribution in [2.24, 2.45) is 11.7 Å². The van der Waals surface area contributed by atoms with Crippen molar-refractivity contribution < 1.29 is 4.79 Å². The zero-order valence-corrected chi connectivity index (χ0v) is 14.0. The minimum absolute atomic E-state index is 0.0661. The highest BCUT2D eigenvalue weighted by molar-refractivity contribution is 5.81. The number of nitrogens with two attached hydrogens (primary N) is 1. The number of carbonyl (C=O) groups excluding carboxylic acids is 1. The molecule has 3 N–H and O–H groups in total. The number of nitrogens with one attached hydrogen (secondary N) is 1. The summed E-state index contributed by atoms with van der Waals surface area (Å²) in [6.07, 6.45) is 4.29. The molecule has 0 aliphatic rings. The van der Waals surface area contributed by atoms with Gasteiger partial charge in [-0.2, -0.15) is 0 Å². The molecular weight excluding hydrogens is 286 g/mol. The van der Waals surface area contributed by atoms with Gasteiger partial charge in [0.25, 0.3) is 0 Å². The minimum atomic E-state index is -0.452. The van der Waals surface area contributed by atoms with Crippen molar-refractivity contribution in [3.63, 3.8) is 0 Å². The van der Waals surface area contributed by atoms with E-state index >= 15 is 0 Å². The summed E-state index contributed by atoms with van der Waals surface area (Å²) >= 11 is 0. The van der Waals surface area contributed by atoms with Crippen LogP contribution in [-0.4, -0.2) is 16.9 Å². The summed E-state index contributed by atoms with van der Waals surface area (Å²) in [5.74, 6) is 0.312. The predicted octanol–water partition coefficient (Wildman–Crippen LogP) is 3.30. The maximum absolute atomic E-state index is 12.1. The van der Waals surface area contributed by atoms with Gasteiger partial charge < -0.3 is 11.1 Å². The first-order chi connectivity index (χ1) is 11.0. The van der Waals surface area contributed by atoms with Crippen molar-refractivity contribution in [1.82, 2.24) is 10.3 Å². The Bertz CT molecular complexity index is 623. The monoisotopic (exact) mass is 311 g/mol. The third-order valence-corrected chi connectivity index (χ3v) is 3.83. The molecule has 0 radical (unpaired) electrons. The lowest BCUT2D eigenvalue weighted by Crippen LogP contribution is -2.42. The molecule has 1 heterocycles. The molecule has 0 bridgehead atoms. The molecule has 1 amide bonds. The van der Waals surface area contributed by atoms with Crippen molar-refractivity contribution in [1.29, 1.82) is 0 Å². The average molecular weight is 311 g/mol. The number of carbonyl (C=O) groups is 1. The number of benzene rings is 1. The summed E-state index contributed by atoms with van der Waals surface area (Å²) in [6, 6.07) is 11.6. The molecule has 0 saturated carbocycles. The fraction of sp³-hybridized carbons (Fsp3) is 0.368. The van der Waals surface area contributed by atoms with Gasteiger partial charge in [-0.05, 0) is 42.0 Å². The van der Waals surface area contributed by atoms with Crippen LogP contribution in [0.2, 0.25) is 0 Å². The van der Waals surface area contributed by atoms with Crippen LogP contribution in [0.25, 0.3) is 11.1 Å². The standard InChI is InChI=1S/C19H25N3O/c1-13(2)11-18(20)19(23)22-14(3)15-6-8-16(9-7-15)17-5-4-10-21-12-17/h4-10,12-14,18H,11,20H2,1-3H3,(H,22,23)/t14?,18-/m0/s1. The van der Waals surface area contributed by atoms with Crippen molar-refractivity contribution in [2.45, 2.75) is 39.3 Å². The van der Waals surface area contributed by atoms with Gasteiger partial charge in [0.15, 0.2) is 0 Å². The summed E-state index contributed by atoms with van der Waals surface area (Å²) in [4.78, 5) is 16.2. The zero-order chi connectivity index (χ0) is 16.8. The molecule has 1 aromatic carbocycles. The molecule has 0 saturated heterocycles. The van der Waals surface area contributed by atoms with E-state index in [4.69, 9.17) is 5.73 Å². The largest absolute Gasteiger partial charge is 0.348 e. The number of nitrogens with zero attached hydrogens (tertiary/aromatic N) is 1. The Balaban J connectivity index is 2.00. The maximum Gasteiger partial charge on any atom is 0.237 e. The van der Waals surface area contributed by atoms with Crippen LogP contribution < -0.4 is 11.1 Å². The lowest BCUT2D eigenvalue weighted by Gasteiger charge is -2.19. The summed E-state index contributed by atoms with van der Waals surface area (Å²) in [5.41, 5.74) is 9.17. The predicted molar refractivity (Wildman–Crippen MR) is 93.7 cm³/mol. The topological polar surface area (TPSA) is 68.0 Å². The molecule has 4 heteroatoms. The molecule has 1 unspecified atom stereocenters. The molecular formula is C19H25N3O. The molecule has 2 aromatic rings. The molecule has 2 rings (SSSR count). The Morgan fingerprint density at radius 1 is 1.13 bits per heavy atom. The Labute approximate surface area is 138 Å². The lowest BCUT2D eigenvalue weighted by atomic mass is 10.0. The van der Waals surface area contributed by atoms with Crippen LogP contribution in [0, 0.1) is 5.92 Å². The van der Waals surface area contributed by atoms with Crippen LogP contribution >= 0.6 is 0 Å². The summed E-state index contributed by atoms with van der Waals surface area (Å²) < 4.78 is 0. The molecule has 0 fully saturated rings. The Kier molecular flexibility index (Phi) is 5.88. The third kappa shape index (κ3) is 4.89. The number of pyridine rings is 1. The SMILES string of the molecule is CC(C)C[C@H](N)C(=O)NC(C)c1ccc(-c2cccnc2)cc1. The van der Waals surface area contributed by atoms with Crippen molar-refractivity contribution in [3.8, 4) is 11.1 Å². The highest BCUT2D eigenvalue weighted by Gasteiger charge is 2.17. The van der Waals surface area contributed by atoms with Crippen LogP contribution in [0.3, 0.4) is 0 Å². The second kappa shape index (κ2) is 7.88. The van der Waals surface area contributed by atoms with E-state index in [0.717, 1.165) is 16.7 Å². The number of hydrogen-bond acceptors (Lipinski definition) is 3. The van der Waals surface area contributed by atoms with E-state index in [-0.39, 0.29) is 11.9 Å². The zero-order valence-electron chi connectivity index (χ0n) is 14.0. The molecule has 1 aromatic heterocycles. The van der Waals surface area contributed by atoms with Gasteiger partial charge in [-0.3, -0.25) is 9.78 Å². The Morgan fingerprint density at radius 2 is 1.83 bits per heavy atom. The van der Waals surface area contributed by atoms with Gasteiger partial charge in [-0.25, -0.2) is 0 Å². The Morgan fingerprint density at radius 3 is 2.39 bits per heavy atom. The maximum atomic E-state index is 12.1. The smallest absolute Gasteiger partial charge is 0.237 e. The van der Waals surface area contributed by atoms with E-state index < -0.39 is 6.04 Å². The van der Waals surface area contributed by atoms with Gasteiger partial charge in [0.05, 0.1) is 12.1 Å². The summed E-state index contributed by atoms with van der Waals surface area (Å²) in [5, 5.41) is 2.98. The van der Waals surface area contributed by atoms with Crippen molar-refractivity contribution in [3.05, 3.63) is 54.4 Å². The van der Waals surface area contributed by atoms with Crippen LogP contribution in [0.15, 0.2) is 48.8 Å². The number of aromatic nitrogens is 1. The summed E-state index contributed by atoms with van der Waals surface area (Å²) in [7, 11) is 0. The highest BCUT2D eigenvalue weighted by atomic mass is 16.2. The number of rotatable bonds is 6. The fourth-order valence-corrected chi connectivity index (χ4v) is 2.52. The normalized spacial score (nSPS) is 13.6. The molecule has 23 heavy (non-hydrogen) atoms. The van der Waals surface area contributed by atoms with Gasteiger partial charge in [0.2, 0.25) is 5.91 Å². The average Bonchev–Trinajstić information content (AvgIpc) is 2.55. The quantitative estimate of drug-likeness (QED) is 0.860. The van der Waals surface area contributed by atoms with E-state index in [1.807, 2.05) is 49.5 Å².